The normalized spacial score (nSPS) is 13.3. The van der Waals surface area contributed by atoms with Gasteiger partial charge < -0.3 is 0 Å². The largest absolute Gasteiger partial charge is 0.299 e. The second-order valence-corrected chi connectivity index (χ2v) is 3.11. The summed E-state index contributed by atoms with van der Waals surface area (Å²) in [6.07, 6.45) is 3.09. The molecular formula is C7H10O2S. The Hall–Kier alpha value is -0.700. The summed E-state index contributed by atoms with van der Waals surface area (Å²) in [5.74, 6) is 0.0386. The summed E-state index contributed by atoms with van der Waals surface area (Å²) in [6, 6.07) is 0. The van der Waals surface area contributed by atoms with Gasteiger partial charge in [-0.25, -0.2) is 0 Å². The summed E-state index contributed by atoms with van der Waals surface area (Å²) in [5, 5.41) is 1.45. The Labute approximate surface area is 63.1 Å². The molecule has 0 aliphatic rings. The molecule has 0 aromatic rings. The first kappa shape index (κ1) is 9.30. The molecule has 10 heavy (non-hydrogen) atoms. The van der Waals surface area contributed by atoms with E-state index in [-0.39, 0.29) is 11.5 Å². The van der Waals surface area contributed by atoms with Crippen molar-refractivity contribution >= 4 is 16.6 Å². The summed E-state index contributed by atoms with van der Waals surface area (Å²) in [7, 11) is -1.15. The highest BCUT2D eigenvalue weighted by atomic mass is 32.2. The molecule has 0 saturated carbocycles. The SMILES string of the molecule is C=C/C=C\S(=O)CC(C)=O. The topological polar surface area (TPSA) is 34.1 Å². The molecule has 0 fully saturated rings. The fourth-order valence-corrected chi connectivity index (χ4v) is 1.17. The molecule has 3 heteroatoms. The van der Waals surface area contributed by atoms with E-state index in [4.69, 9.17) is 0 Å². The molecule has 0 amide bonds. The minimum Gasteiger partial charge on any atom is -0.299 e. The zero-order chi connectivity index (χ0) is 7.98. The molecule has 0 radical (unpaired) electrons. The zero-order valence-corrected chi connectivity index (χ0v) is 6.69. The van der Waals surface area contributed by atoms with Gasteiger partial charge in [-0.15, -0.1) is 0 Å². The van der Waals surface area contributed by atoms with Gasteiger partial charge in [-0.2, -0.15) is 0 Å². The first-order valence-electron chi connectivity index (χ1n) is 2.82. The number of allylic oxidation sites excluding steroid dienone is 2. The van der Waals surface area contributed by atoms with Crippen molar-refractivity contribution in [1.29, 1.82) is 0 Å². The minimum absolute atomic E-state index is 0.0629. The average molecular weight is 158 g/mol. The van der Waals surface area contributed by atoms with Crippen LogP contribution in [-0.2, 0) is 15.6 Å². The van der Waals surface area contributed by atoms with Gasteiger partial charge in [0.05, 0.1) is 16.6 Å². The molecule has 0 aromatic carbocycles. The first-order chi connectivity index (χ1) is 4.66. The lowest BCUT2D eigenvalue weighted by atomic mass is 10.5. The van der Waals surface area contributed by atoms with Gasteiger partial charge in [0.1, 0.15) is 5.78 Å². The zero-order valence-electron chi connectivity index (χ0n) is 5.87. The number of ketones is 1. The van der Waals surface area contributed by atoms with Crippen LogP contribution in [0.25, 0.3) is 0 Å². The number of hydrogen-bond donors (Lipinski definition) is 0. The van der Waals surface area contributed by atoms with Crippen LogP contribution in [0.3, 0.4) is 0 Å². The molecule has 0 N–H and O–H groups in total. The molecule has 0 rings (SSSR count). The smallest absolute Gasteiger partial charge is 0.142 e. The van der Waals surface area contributed by atoms with Gasteiger partial charge in [0, 0.05) is 5.41 Å². The third-order valence-electron chi connectivity index (χ3n) is 0.712. The fourth-order valence-electron chi connectivity index (χ4n) is 0.392. The van der Waals surface area contributed by atoms with Crippen LogP contribution >= 0.6 is 0 Å². The molecule has 1 atom stereocenters. The van der Waals surface area contributed by atoms with Crippen LogP contribution < -0.4 is 0 Å². The molecule has 1 unspecified atom stereocenters. The quantitative estimate of drug-likeness (QED) is 0.572. The van der Waals surface area contributed by atoms with Crippen molar-refractivity contribution in [2.24, 2.45) is 0 Å². The predicted molar refractivity (Wildman–Crippen MR) is 43.0 cm³/mol. The lowest BCUT2D eigenvalue weighted by Gasteiger charge is -1.87. The highest BCUT2D eigenvalue weighted by molar-refractivity contribution is 7.88. The van der Waals surface area contributed by atoms with Gasteiger partial charge >= 0.3 is 0 Å². The van der Waals surface area contributed by atoms with E-state index in [0.29, 0.717) is 0 Å². The van der Waals surface area contributed by atoms with Gasteiger partial charge in [0.25, 0.3) is 0 Å². The number of rotatable bonds is 4. The number of hydrogen-bond acceptors (Lipinski definition) is 2. The summed E-state index contributed by atoms with van der Waals surface area (Å²) < 4.78 is 10.8. The van der Waals surface area contributed by atoms with Crippen molar-refractivity contribution in [3.63, 3.8) is 0 Å². The van der Waals surface area contributed by atoms with Crippen molar-refractivity contribution in [2.75, 3.05) is 5.75 Å². The van der Waals surface area contributed by atoms with E-state index in [1.165, 1.54) is 18.4 Å². The van der Waals surface area contributed by atoms with E-state index in [0.717, 1.165) is 0 Å². The Morgan fingerprint density at radius 2 is 2.30 bits per heavy atom. The summed E-state index contributed by atoms with van der Waals surface area (Å²) in [5.41, 5.74) is 0. The van der Waals surface area contributed by atoms with Crippen molar-refractivity contribution in [2.45, 2.75) is 6.92 Å². The van der Waals surface area contributed by atoms with E-state index in [1.54, 1.807) is 6.08 Å². The lowest BCUT2D eigenvalue weighted by molar-refractivity contribution is -0.114. The Bertz CT molecular complexity index is 182. The van der Waals surface area contributed by atoms with Gasteiger partial charge in [0.2, 0.25) is 0 Å². The second-order valence-electron chi connectivity index (χ2n) is 1.79. The van der Waals surface area contributed by atoms with Crippen LogP contribution in [0, 0.1) is 0 Å². The Kier molecular flexibility index (Phi) is 4.76. The van der Waals surface area contributed by atoms with Crippen LogP contribution in [-0.4, -0.2) is 15.7 Å². The van der Waals surface area contributed by atoms with Crippen LogP contribution in [0.2, 0.25) is 0 Å². The maximum absolute atomic E-state index is 10.8. The standard InChI is InChI=1S/C7H10O2S/c1-3-4-5-10(9)6-7(2)8/h3-5H,1,6H2,2H3/b5-4-. The third-order valence-corrected chi connectivity index (χ3v) is 1.86. The maximum atomic E-state index is 10.8. The van der Waals surface area contributed by atoms with Crippen LogP contribution in [0.4, 0.5) is 0 Å². The summed E-state index contributed by atoms with van der Waals surface area (Å²) >= 11 is 0. The minimum atomic E-state index is -1.15. The molecule has 56 valence electrons. The van der Waals surface area contributed by atoms with E-state index in [9.17, 15) is 9.00 Å². The fraction of sp³-hybridized carbons (Fsp3) is 0.286. The molecule has 0 saturated heterocycles. The van der Waals surface area contributed by atoms with Crippen LogP contribution in [0.5, 0.6) is 0 Å². The Morgan fingerprint density at radius 1 is 1.70 bits per heavy atom. The van der Waals surface area contributed by atoms with E-state index in [1.807, 2.05) is 0 Å². The molecule has 0 aromatic heterocycles. The van der Waals surface area contributed by atoms with E-state index < -0.39 is 10.8 Å². The summed E-state index contributed by atoms with van der Waals surface area (Å²) in [4.78, 5) is 10.4. The number of carbonyl (C=O) groups is 1. The van der Waals surface area contributed by atoms with Crippen molar-refractivity contribution in [3.8, 4) is 0 Å². The first-order valence-corrected chi connectivity index (χ1v) is 4.21. The second kappa shape index (κ2) is 5.11. The van der Waals surface area contributed by atoms with Gasteiger partial charge in [-0.3, -0.25) is 9.00 Å². The van der Waals surface area contributed by atoms with Crippen LogP contribution in [0.1, 0.15) is 6.92 Å². The third kappa shape index (κ3) is 5.44. The molecule has 0 aliphatic heterocycles. The molecule has 0 bridgehead atoms. The highest BCUT2D eigenvalue weighted by Crippen LogP contribution is 1.86. The molecule has 0 spiro atoms. The van der Waals surface area contributed by atoms with Gasteiger partial charge in [0.15, 0.2) is 0 Å². The average Bonchev–Trinajstić information content (AvgIpc) is 1.82. The molecule has 0 heterocycles. The maximum Gasteiger partial charge on any atom is 0.142 e. The number of carbonyl (C=O) groups excluding carboxylic acids is 1. The van der Waals surface area contributed by atoms with Gasteiger partial charge in [-0.05, 0) is 6.92 Å². The Morgan fingerprint density at radius 3 is 2.70 bits per heavy atom. The summed E-state index contributed by atoms with van der Waals surface area (Å²) in [6.45, 7) is 4.82. The molecular weight excluding hydrogens is 148 g/mol. The van der Waals surface area contributed by atoms with Crippen molar-refractivity contribution in [1.82, 2.24) is 0 Å². The Balaban J connectivity index is 3.75. The van der Waals surface area contributed by atoms with Gasteiger partial charge in [-0.1, -0.05) is 18.7 Å². The lowest BCUT2D eigenvalue weighted by Crippen LogP contribution is -2.02. The number of Topliss-reactive ketones (excluding diaryl/α,β-unsaturated/α-hetero) is 1. The van der Waals surface area contributed by atoms with Crippen molar-refractivity contribution in [3.05, 3.63) is 24.1 Å². The molecule has 2 nitrogen and oxygen atoms in total. The van der Waals surface area contributed by atoms with Crippen LogP contribution in [0.15, 0.2) is 24.1 Å². The molecule has 0 aliphatic carbocycles. The van der Waals surface area contributed by atoms with E-state index >= 15 is 0 Å². The van der Waals surface area contributed by atoms with E-state index in [2.05, 4.69) is 6.58 Å². The van der Waals surface area contributed by atoms with Crippen molar-refractivity contribution < 1.29 is 9.00 Å². The predicted octanol–water partition coefficient (Wildman–Crippen LogP) is 1.02. The highest BCUT2D eigenvalue weighted by Gasteiger charge is 1.96. The monoisotopic (exact) mass is 158 g/mol.